The van der Waals surface area contributed by atoms with E-state index in [-0.39, 0.29) is 0 Å². The van der Waals surface area contributed by atoms with Crippen molar-refractivity contribution in [3.8, 4) is 11.5 Å². The molecule has 3 rings (SSSR count). The lowest BCUT2D eigenvalue weighted by Gasteiger charge is -2.06. The molecular weight excluding hydrogens is 372 g/mol. The Morgan fingerprint density at radius 3 is 1.64 bits per heavy atom. The highest BCUT2D eigenvalue weighted by Gasteiger charge is 2.17. The number of ether oxygens (including phenoxy) is 2. The van der Waals surface area contributed by atoms with Crippen molar-refractivity contribution in [3.05, 3.63) is 36.4 Å². The van der Waals surface area contributed by atoms with Crippen LogP contribution in [0.3, 0.4) is 0 Å². The third-order valence-corrected chi connectivity index (χ3v) is 6.02. The number of fused-ring (bicyclic) bond motifs is 3. The zero-order valence-corrected chi connectivity index (χ0v) is 17.6. The summed E-state index contributed by atoms with van der Waals surface area (Å²) in [4.78, 5) is 0. The summed E-state index contributed by atoms with van der Waals surface area (Å²) in [6, 6.07) is 11.7. The summed E-state index contributed by atoms with van der Waals surface area (Å²) >= 11 is 0. The molecule has 0 unspecified atom stereocenters. The van der Waals surface area contributed by atoms with E-state index in [1.165, 1.54) is 0 Å². The molecule has 0 amide bonds. The lowest BCUT2D eigenvalue weighted by molar-refractivity contribution is 0.314. The van der Waals surface area contributed by atoms with E-state index in [2.05, 4.69) is 24.5 Å². The minimum Gasteiger partial charge on any atom is -0.590 e. The van der Waals surface area contributed by atoms with Crippen LogP contribution in [0.4, 0.5) is 0 Å². The van der Waals surface area contributed by atoms with Gasteiger partial charge in [0.25, 0.3) is 0 Å². The van der Waals surface area contributed by atoms with Crippen molar-refractivity contribution in [1.82, 2.24) is 10.6 Å². The normalized spacial score (nSPS) is 11.4. The Morgan fingerprint density at radius 2 is 1.21 bits per heavy atom. The van der Waals surface area contributed by atoms with Gasteiger partial charge in [0.2, 0.25) is 0 Å². The van der Waals surface area contributed by atoms with Crippen molar-refractivity contribution >= 4 is 30.9 Å². The van der Waals surface area contributed by atoms with Crippen LogP contribution in [0.2, 0.25) is 0 Å². The van der Waals surface area contributed by atoms with Crippen LogP contribution in [-0.4, -0.2) is 43.9 Å². The summed E-state index contributed by atoms with van der Waals surface area (Å²) in [5.74, 6) is 1.52. The van der Waals surface area contributed by atoms with Crippen molar-refractivity contribution in [1.29, 1.82) is 0 Å². The van der Waals surface area contributed by atoms with Gasteiger partial charge < -0.3 is 24.7 Å². The van der Waals surface area contributed by atoms with Crippen LogP contribution in [0.15, 0.2) is 36.4 Å². The summed E-state index contributed by atoms with van der Waals surface area (Å²) in [6.45, 7) is 9.08. The van der Waals surface area contributed by atoms with E-state index in [0.29, 0.717) is 13.2 Å². The smallest absolute Gasteiger partial charge is 0.184 e. The fourth-order valence-corrected chi connectivity index (χ4v) is 4.58. The first-order chi connectivity index (χ1) is 13.7. The molecule has 0 aliphatic rings. The fraction of sp³-hybridized carbons (Fsp3) is 0.455. The molecular formula is C22H30N2O3S. The number of rotatable bonds is 12. The zero-order chi connectivity index (χ0) is 19.8. The minimum absolute atomic E-state index is 0.600. The molecule has 3 aromatic rings. The number of benzene rings is 2. The van der Waals surface area contributed by atoms with Crippen LogP contribution < -0.4 is 20.1 Å². The molecule has 0 bridgehead atoms. The summed E-state index contributed by atoms with van der Waals surface area (Å²) < 4.78 is 26.2. The van der Waals surface area contributed by atoms with Crippen molar-refractivity contribution < 1.29 is 14.0 Å². The Balaban J connectivity index is 1.71. The van der Waals surface area contributed by atoms with E-state index in [4.69, 9.17) is 9.47 Å². The molecule has 1 aromatic heterocycles. The predicted molar refractivity (Wildman–Crippen MR) is 117 cm³/mol. The second-order valence-corrected chi connectivity index (χ2v) is 8.20. The SMILES string of the molecule is CCCNCCOc1ccc2c3ccc(OCCNCCC)cc3[s+]([O-])c2c1. The van der Waals surface area contributed by atoms with Crippen LogP contribution >= 0.6 is 10.8 Å². The first-order valence-corrected chi connectivity index (χ1v) is 11.3. The van der Waals surface area contributed by atoms with E-state index < -0.39 is 10.8 Å². The first-order valence-electron chi connectivity index (χ1n) is 10.1. The van der Waals surface area contributed by atoms with E-state index in [9.17, 15) is 4.55 Å². The molecule has 0 atom stereocenters. The Kier molecular flexibility index (Phi) is 7.91. The monoisotopic (exact) mass is 402 g/mol. The maximum atomic E-state index is 13.0. The van der Waals surface area contributed by atoms with Crippen LogP contribution in [0.25, 0.3) is 20.2 Å². The fourth-order valence-electron chi connectivity index (χ4n) is 3.14. The standard InChI is InChI=1S/C22H30N2O3S/c1-3-9-23-11-13-26-17-5-7-19-20-8-6-18(27-14-12-24-10-4-2)16-22(20)28(25)21(19)15-17/h5-8,15-16,23-24H,3-4,9-14H2,1-2H3. The average molecular weight is 403 g/mol. The summed E-state index contributed by atoms with van der Waals surface area (Å²) in [7, 11) is -1.21. The zero-order valence-electron chi connectivity index (χ0n) is 16.8. The maximum Gasteiger partial charge on any atom is 0.184 e. The summed E-state index contributed by atoms with van der Waals surface area (Å²) in [5, 5.41) is 8.65. The molecule has 0 aliphatic carbocycles. The second kappa shape index (κ2) is 10.6. The number of nitrogens with one attached hydrogen (secondary N) is 2. The molecule has 2 N–H and O–H groups in total. The van der Waals surface area contributed by atoms with Gasteiger partial charge in [-0.3, -0.25) is 0 Å². The van der Waals surface area contributed by atoms with Gasteiger partial charge in [-0.1, -0.05) is 13.8 Å². The van der Waals surface area contributed by atoms with Gasteiger partial charge in [-0.05, 0) is 60.9 Å². The van der Waals surface area contributed by atoms with Crippen molar-refractivity contribution in [3.63, 3.8) is 0 Å². The number of hydrogen-bond donors (Lipinski definition) is 2. The lowest BCUT2D eigenvalue weighted by Crippen LogP contribution is -2.21. The molecule has 1 heterocycles. The maximum absolute atomic E-state index is 13.0. The van der Waals surface area contributed by atoms with Gasteiger partial charge in [0, 0.05) is 36.0 Å². The van der Waals surface area contributed by atoms with Crippen LogP contribution in [0, 0.1) is 0 Å². The summed E-state index contributed by atoms with van der Waals surface area (Å²) in [6.07, 6.45) is 2.22. The lowest BCUT2D eigenvalue weighted by atomic mass is 10.1. The largest absolute Gasteiger partial charge is 0.590 e. The molecule has 152 valence electrons. The highest BCUT2D eigenvalue weighted by atomic mass is 32.2. The van der Waals surface area contributed by atoms with E-state index in [1.807, 2.05) is 36.4 Å². The molecule has 0 fully saturated rings. The quantitative estimate of drug-likeness (QED) is 0.345. The Hall–Kier alpha value is -1.86. The van der Waals surface area contributed by atoms with Gasteiger partial charge >= 0.3 is 0 Å². The Bertz CT molecular complexity index is 823. The molecule has 0 spiro atoms. The minimum atomic E-state index is -1.21. The van der Waals surface area contributed by atoms with Gasteiger partial charge in [0.1, 0.15) is 24.7 Å². The first kappa shape index (κ1) is 20.9. The van der Waals surface area contributed by atoms with Crippen molar-refractivity contribution in [2.45, 2.75) is 26.7 Å². The van der Waals surface area contributed by atoms with Gasteiger partial charge in [0.15, 0.2) is 9.40 Å². The van der Waals surface area contributed by atoms with Crippen molar-refractivity contribution in [2.75, 3.05) is 39.4 Å². The average Bonchev–Trinajstić information content (AvgIpc) is 2.99. The van der Waals surface area contributed by atoms with E-state index in [1.54, 1.807) is 0 Å². The van der Waals surface area contributed by atoms with Crippen LogP contribution in [0.5, 0.6) is 11.5 Å². The third kappa shape index (κ3) is 5.14. The predicted octanol–water partition coefficient (Wildman–Crippen LogP) is 4.48. The van der Waals surface area contributed by atoms with Gasteiger partial charge in [-0.25, -0.2) is 0 Å². The van der Waals surface area contributed by atoms with E-state index >= 15 is 0 Å². The topological polar surface area (TPSA) is 65.6 Å². The second-order valence-electron chi connectivity index (χ2n) is 6.78. The molecule has 0 saturated heterocycles. The highest BCUT2D eigenvalue weighted by Crippen LogP contribution is 2.43. The molecule has 2 aromatic carbocycles. The molecule has 0 saturated carbocycles. The highest BCUT2D eigenvalue weighted by molar-refractivity contribution is 7.37. The van der Waals surface area contributed by atoms with Crippen LogP contribution in [0.1, 0.15) is 26.7 Å². The van der Waals surface area contributed by atoms with Gasteiger partial charge in [-0.2, -0.15) is 0 Å². The summed E-state index contributed by atoms with van der Waals surface area (Å²) in [5.41, 5.74) is 0. The third-order valence-electron chi connectivity index (χ3n) is 4.54. The van der Waals surface area contributed by atoms with Gasteiger partial charge in [-0.15, -0.1) is 0 Å². The van der Waals surface area contributed by atoms with Crippen molar-refractivity contribution in [2.24, 2.45) is 0 Å². The molecule has 0 aliphatic heterocycles. The Labute approximate surface area is 169 Å². The molecule has 0 radical (unpaired) electrons. The van der Waals surface area contributed by atoms with Gasteiger partial charge in [0.05, 0.1) is 0 Å². The molecule has 28 heavy (non-hydrogen) atoms. The number of hydrogen-bond acceptors (Lipinski definition) is 5. The van der Waals surface area contributed by atoms with Crippen LogP contribution in [-0.2, 0) is 0 Å². The van der Waals surface area contributed by atoms with E-state index in [0.717, 1.165) is 70.7 Å². The number of thiophene rings is 1. The Morgan fingerprint density at radius 1 is 0.750 bits per heavy atom. The molecule has 6 heteroatoms. The molecule has 5 nitrogen and oxygen atoms in total.